The molecule has 0 aliphatic rings. The van der Waals surface area contributed by atoms with E-state index < -0.39 is 29.2 Å². The van der Waals surface area contributed by atoms with E-state index in [4.69, 9.17) is 16.3 Å². The molecule has 0 fully saturated rings. The number of methoxy groups -OCH3 is 2. The van der Waals surface area contributed by atoms with Crippen LogP contribution >= 0.6 is 11.6 Å². The number of anilines is 1. The molecule has 1 N–H and O–H groups in total. The highest BCUT2D eigenvalue weighted by molar-refractivity contribution is 6.34. The summed E-state index contributed by atoms with van der Waals surface area (Å²) in [4.78, 5) is 23.3. The highest BCUT2D eigenvalue weighted by Gasteiger charge is 2.27. The normalized spacial score (nSPS) is 10.3. The largest absolute Gasteiger partial charge is 0.496 e. The van der Waals surface area contributed by atoms with E-state index in [1.807, 2.05) is 0 Å². The maximum atomic E-state index is 15.1. The molecular weight excluding hydrogens is 356 g/mol. The minimum Gasteiger partial charge on any atom is -0.496 e. The van der Waals surface area contributed by atoms with Gasteiger partial charge in [-0.25, -0.2) is 13.6 Å². The number of halogens is 3. The second kappa shape index (κ2) is 7.48. The molecular formula is C17H14ClF2NO4. The van der Waals surface area contributed by atoms with Crippen LogP contribution in [0.1, 0.15) is 17.3 Å². The smallest absolute Gasteiger partial charge is 0.340 e. The number of carbonyl (C=O) groups is 2. The number of hydrogen-bond donors (Lipinski definition) is 1. The Morgan fingerprint density at radius 1 is 1.16 bits per heavy atom. The molecule has 0 atom stereocenters. The van der Waals surface area contributed by atoms with Crippen LogP contribution in [0.4, 0.5) is 14.5 Å². The van der Waals surface area contributed by atoms with E-state index in [0.717, 1.165) is 26.2 Å². The van der Waals surface area contributed by atoms with Gasteiger partial charge in [0.15, 0.2) is 5.82 Å². The van der Waals surface area contributed by atoms with Crippen molar-refractivity contribution in [2.45, 2.75) is 6.92 Å². The van der Waals surface area contributed by atoms with Crippen LogP contribution in [0.3, 0.4) is 0 Å². The van der Waals surface area contributed by atoms with Crippen molar-refractivity contribution in [1.29, 1.82) is 0 Å². The van der Waals surface area contributed by atoms with E-state index in [1.54, 1.807) is 0 Å². The van der Waals surface area contributed by atoms with Gasteiger partial charge < -0.3 is 14.8 Å². The van der Waals surface area contributed by atoms with Crippen LogP contribution < -0.4 is 10.1 Å². The molecule has 0 unspecified atom stereocenters. The average Bonchev–Trinajstić information content (AvgIpc) is 2.57. The Kier molecular flexibility index (Phi) is 5.58. The molecule has 0 bridgehead atoms. The monoisotopic (exact) mass is 369 g/mol. The zero-order chi connectivity index (χ0) is 18.7. The van der Waals surface area contributed by atoms with Crippen LogP contribution in [0, 0.1) is 11.6 Å². The molecule has 5 nitrogen and oxygen atoms in total. The van der Waals surface area contributed by atoms with E-state index in [-0.39, 0.29) is 27.5 Å². The molecule has 0 heterocycles. The molecule has 2 aromatic carbocycles. The zero-order valence-electron chi connectivity index (χ0n) is 13.6. The van der Waals surface area contributed by atoms with Gasteiger partial charge in [-0.1, -0.05) is 17.7 Å². The highest BCUT2D eigenvalue weighted by atomic mass is 35.5. The molecule has 2 rings (SSSR count). The van der Waals surface area contributed by atoms with Gasteiger partial charge in [0.25, 0.3) is 0 Å². The first kappa shape index (κ1) is 18.7. The van der Waals surface area contributed by atoms with Crippen LogP contribution in [0.25, 0.3) is 11.1 Å². The molecule has 25 heavy (non-hydrogen) atoms. The van der Waals surface area contributed by atoms with Crippen molar-refractivity contribution in [3.8, 4) is 16.9 Å². The first-order valence-electron chi connectivity index (χ1n) is 7.02. The summed E-state index contributed by atoms with van der Waals surface area (Å²) in [5.41, 5.74) is -1.31. The summed E-state index contributed by atoms with van der Waals surface area (Å²) in [6.07, 6.45) is 0. The molecule has 2 aromatic rings. The van der Waals surface area contributed by atoms with Crippen LogP contribution in [0.2, 0.25) is 5.02 Å². The Morgan fingerprint density at radius 2 is 1.84 bits per heavy atom. The lowest BCUT2D eigenvalue weighted by molar-refractivity contribution is -0.114. The Bertz CT molecular complexity index is 855. The van der Waals surface area contributed by atoms with Crippen LogP contribution in [0.15, 0.2) is 24.3 Å². The van der Waals surface area contributed by atoms with Crippen molar-refractivity contribution in [3.05, 3.63) is 46.5 Å². The van der Waals surface area contributed by atoms with Gasteiger partial charge in [-0.05, 0) is 18.2 Å². The quantitative estimate of drug-likeness (QED) is 0.826. The number of rotatable bonds is 4. The summed E-state index contributed by atoms with van der Waals surface area (Å²) >= 11 is 6.10. The predicted molar refractivity (Wildman–Crippen MR) is 89.0 cm³/mol. The number of carbonyl (C=O) groups excluding carboxylic acids is 2. The molecule has 0 aromatic heterocycles. The van der Waals surface area contributed by atoms with Gasteiger partial charge in [0, 0.05) is 12.5 Å². The molecule has 0 spiro atoms. The van der Waals surface area contributed by atoms with Crippen LogP contribution in [-0.2, 0) is 9.53 Å². The van der Waals surface area contributed by atoms with Gasteiger partial charge in [-0.15, -0.1) is 0 Å². The maximum absolute atomic E-state index is 15.1. The van der Waals surface area contributed by atoms with Crippen molar-refractivity contribution in [3.63, 3.8) is 0 Å². The molecule has 8 heteroatoms. The van der Waals surface area contributed by atoms with Gasteiger partial charge in [0.2, 0.25) is 5.91 Å². The summed E-state index contributed by atoms with van der Waals surface area (Å²) in [6, 6.07) is 5.03. The van der Waals surface area contributed by atoms with Crippen molar-refractivity contribution in [1.82, 2.24) is 0 Å². The van der Waals surface area contributed by atoms with Crippen molar-refractivity contribution in [2.24, 2.45) is 0 Å². The van der Waals surface area contributed by atoms with Gasteiger partial charge in [0.05, 0.1) is 36.1 Å². The molecule has 132 valence electrons. The number of esters is 1. The van der Waals surface area contributed by atoms with E-state index in [0.29, 0.717) is 0 Å². The number of benzene rings is 2. The summed E-state index contributed by atoms with van der Waals surface area (Å²) in [5, 5.41) is 1.97. The Hall–Kier alpha value is -2.67. The van der Waals surface area contributed by atoms with Crippen molar-refractivity contribution < 1.29 is 27.8 Å². The van der Waals surface area contributed by atoms with Gasteiger partial charge in [0.1, 0.15) is 11.6 Å². The van der Waals surface area contributed by atoms with Crippen LogP contribution in [0.5, 0.6) is 5.75 Å². The van der Waals surface area contributed by atoms with Crippen molar-refractivity contribution in [2.75, 3.05) is 19.5 Å². The number of amides is 1. The number of hydrogen-bond acceptors (Lipinski definition) is 4. The number of ether oxygens (including phenoxy) is 2. The fourth-order valence-electron chi connectivity index (χ4n) is 2.33. The molecule has 0 saturated carbocycles. The fourth-order valence-corrected chi connectivity index (χ4v) is 2.62. The Morgan fingerprint density at radius 3 is 2.40 bits per heavy atom. The third kappa shape index (κ3) is 3.56. The minimum absolute atomic E-state index is 0.0420. The minimum atomic E-state index is -1.08. The SMILES string of the molecule is COC(=O)c1cc(Cl)c(-c2c(F)cccc2OC)c(F)c1NC(C)=O. The third-order valence-corrected chi connectivity index (χ3v) is 3.67. The van der Waals surface area contributed by atoms with E-state index >= 15 is 4.39 Å². The van der Waals surface area contributed by atoms with Crippen molar-refractivity contribution >= 4 is 29.2 Å². The Labute approximate surface area is 147 Å². The summed E-state index contributed by atoms with van der Waals surface area (Å²) < 4.78 is 39.1. The lowest BCUT2D eigenvalue weighted by Gasteiger charge is -2.17. The van der Waals surface area contributed by atoms with Gasteiger partial charge in [-0.2, -0.15) is 0 Å². The van der Waals surface area contributed by atoms with E-state index in [2.05, 4.69) is 10.1 Å². The molecule has 0 radical (unpaired) electrons. The zero-order valence-corrected chi connectivity index (χ0v) is 14.3. The molecule has 0 aliphatic carbocycles. The lowest BCUT2D eigenvalue weighted by atomic mass is 9.99. The second-order valence-electron chi connectivity index (χ2n) is 4.96. The van der Waals surface area contributed by atoms with Gasteiger partial charge >= 0.3 is 5.97 Å². The predicted octanol–water partition coefficient (Wildman–Crippen LogP) is 4.04. The van der Waals surface area contributed by atoms with Crippen LogP contribution in [-0.4, -0.2) is 26.1 Å². The third-order valence-electron chi connectivity index (χ3n) is 3.37. The standard InChI is InChI=1S/C17H14ClF2NO4/c1-8(22)21-16-9(17(23)25-3)7-10(18)13(15(16)20)14-11(19)5-4-6-12(14)24-2/h4-7H,1-3H3,(H,21,22). The molecule has 1 amide bonds. The molecule has 0 aliphatic heterocycles. The molecule has 0 saturated heterocycles. The maximum Gasteiger partial charge on any atom is 0.340 e. The number of nitrogens with one attached hydrogen (secondary N) is 1. The van der Waals surface area contributed by atoms with Gasteiger partial charge in [-0.3, -0.25) is 4.79 Å². The highest BCUT2D eigenvalue weighted by Crippen LogP contribution is 2.42. The van der Waals surface area contributed by atoms with E-state index in [1.165, 1.54) is 19.2 Å². The summed E-state index contributed by atoms with van der Waals surface area (Å²) in [7, 11) is 2.39. The summed E-state index contributed by atoms with van der Waals surface area (Å²) in [5.74, 6) is -3.35. The van der Waals surface area contributed by atoms with E-state index in [9.17, 15) is 14.0 Å². The first-order valence-corrected chi connectivity index (χ1v) is 7.40. The topological polar surface area (TPSA) is 64.6 Å². The Balaban J connectivity index is 2.85. The fraction of sp³-hybridized carbons (Fsp3) is 0.176. The first-order chi connectivity index (χ1) is 11.8. The second-order valence-corrected chi connectivity index (χ2v) is 5.37. The lowest BCUT2D eigenvalue weighted by Crippen LogP contribution is -2.15. The summed E-state index contributed by atoms with van der Waals surface area (Å²) in [6.45, 7) is 1.14. The average molecular weight is 370 g/mol.